The van der Waals surface area contributed by atoms with Gasteiger partial charge in [0.2, 0.25) is 0 Å². The highest BCUT2D eigenvalue weighted by molar-refractivity contribution is 5.92. The SMILES string of the molecule is C[C@@]1(O)[C@H](O)[C@@H](CO)O[C@H]1N1Cc2c(N3CCOCC3)ccnc2NC1=O. The number of rotatable bonds is 3. The van der Waals surface area contributed by atoms with Crippen LogP contribution in [0.5, 0.6) is 0 Å². The number of carbonyl (C=O) groups is 1. The Morgan fingerprint density at radius 2 is 2.15 bits per heavy atom. The monoisotopic (exact) mass is 380 g/mol. The van der Waals surface area contributed by atoms with Gasteiger partial charge in [0, 0.05) is 30.5 Å². The van der Waals surface area contributed by atoms with Gasteiger partial charge >= 0.3 is 6.03 Å². The van der Waals surface area contributed by atoms with E-state index in [-0.39, 0.29) is 6.54 Å². The van der Waals surface area contributed by atoms with E-state index in [1.165, 1.54) is 11.8 Å². The number of aromatic nitrogens is 1. The summed E-state index contributed by atoms with van der Waals surface area (Å²) in [6.07, 6.45) is -1.73. The van der Waals surface area contributed by atoms with Crippen LogP contribution in [0.25, 0.3) is 0 Å². The number of hydrogen-bond donors (Lipinski definition) is 4. The first-order valence-electron chi connectivity index (χ1n) is 8.98. The molecule has 2 saturated heterocycles. The second kappa shape index (κ2) is 6.88. The first kappa shape index (κ1) is 18.4. The van der Waals surface area contributed by atoms with Crippen molar-refractivity contribution in [1.29, 1.82) is 0 Å². The molecule has 0 unspecified atom stereocenters. The summed E-state index contributed by atoms with van der Waals surface area (Å²) in [6.45, 7) is 3.80. The van der Waals surface area contributed by atoms with E-state index >= 15 is 0 Å². The van der Waals surface area contributed by atoms with Gasteiger partial charge in [-0.05, 0) is 13.0 Å². The Kier molecular flexibility index (Phi) is 4.68. The Morgan fingerprint density at radius 1 is 1.41 bits per heavy atom. The molecular weight excluding hydrogens is 356 g/mol. The molecule has 1 aromatic rings. The number of anilines is 2. The number of carbonyl (C=O) groups excluding carboxylic acids is 1. The topological polar surface area (TPSA) is 128 Å². The molecule has 10 heteroatoms. The molecule has 0 saturated carbocycles. The van der Waals surface area contributed by atoms with Gasteiger partial charge < -0.3 is 29.7 Å². The van der Waals surface area contributed by atoms with Crippen LogP contribution >= 0.6 is 0 Å². The average molecular weight is 380 g/mol. The molecule has 148 valence electrons. The van der Waals surface area contributed by atoms with Crippen molar-refractivity contribution in [3.8, 4) is 0 Å². The summed E-state index contributed by atoms with van der Waals surface area (Å²) in [5.74, 6) is 0.470. The van der Waals surface area contributed by atoms with Gasteiger partial charge in [0.05, 0.1) is 26.4 Å². The summed E-state index contributed by atoms with van der Waals surface area (Å²) in [5.41, 5.74) is 0.0226. The Morgan fingerprint density at radius 3 is 2.81 bits per heavy atom. The zero-order valence-electron chi connectivity index (χ0n) is 15.0. The van der Waals surface area contributed by atoms with Crippen molar-refractivity contribution in [2.24, 2.45) is 0 Å². The summed E-state index contributed by atoms with van der Waals surface area (Å²) < 4.78 is 11.0. The first-order valence-corrected chi connectivity index (χ1v) is 8.98. The fourth-order valence-corrected chi connectivity index (χ4v) is 3.88. The van der Waals surface area contributed by atoms with Crippen molar-refractivity contribution in [2.75, 3.05) is 43.1 Å². The van der Waals surface area contributed by atoms with Crippen molar-refractivity contribution < 1.29 is 29.6 Å². The molecule has 3 aliphatic heterocycles. The second-order valence-corrected chi connectivity index (χ2v) is 7.19. The summed E-state index contributed by atoms with van der Waals surface area (Å²) in [7, 11) is 0. The lowest BCUT2D eigenvalue weighted by atomic mass is 9.95. The van der Waals surface area contributed by atoms with Gasteiger partial charge in [0.25, 0.3) is 0 Å². The molecule has 0 spiro atoms. The molecule has 4 atom stereocenters. The molecule has 0 radical (unpaired) electrons. The molecule has 2 amide bonds. The van der Waals surface area contributed by atoms with Crippen LogP contribution in [0.15, 0.2) is 12.3 Å². The molecule has 0 aliphatic carbocycles. The lowest BCUT2D eigenvalue weighted by molar-refractivity contribution is -0.120. The van der Waals surface area contributed by atoms with Crippen LogP contribution < -0.4 is 10.2 Å². The summed E-state index contributed by atoms with van der Waals surface area (Å²) in [5, 5.41) is 33.1. The number of urea groups is 1. The quantitative estimate of drug-likeness (QED) is 0.531. The number of pyridine rings is 1. The lowest BCUT2D eigenvalue weighted by Gasteiger charge is -2.40. The van der Waals surface area contributed by atoms with Gasteiger partial charge in [-0.3, -0.25) is 10.2 Å². The number of aliphatic hydroxyl groups is 3. The van der Waals surface area contributed by atoms with Gasteiger partial charge in [-0.15, -0.1) is 0 Å². The summed E-state index contributed by atoms with van der Waals surface area (Å²) in [6, 6.07) is 1.41. The van der Waals surface area contributed by atoms with E-state index in [2.05, 4.69) is 15.2 Å². The molecule has 4 heterocycles. The second-order valence-electron chi connectivity index (χ2n) is 7.19. The summed E-state index contributed by atoms with van der Waals surface area (Å²) >= 11 is 0. The van der Waals surface area contributed by atoms with Crippen molar-refractivity contribution in [2.45, 2.75) is 37.5 Å². The van der Waals surface area contributed by atoms with Crippen molar-refractivity contribution in [3.05, 3.63) is 17.8 Å². The van der Waals surface area contributed by atoms with E-state index in [0.29, 0.717) is 19.0 Å². The maximum atomic E-state index is 12.6. The fourth-order valence-electron chi connectivity index (χ4n) is 3.88. The van der Waals surface area contributed by atoms with Gasteiger partial charge in [0.1, 0.15) is 23.6 Å². The van der Waals surface area contributed by atoms with E-state index in [1.54, 1.807) is 6.20 Å². The van der Waals surface area contributed by atoms with Gasteiger partial charge in [-0.2, -0.15) is 0 Å². The highest BCUT2D eigenvalue weighted by atomic mass is 16.6. The van der Waals surface area contributed by atoms with Crippen LogP contribution in [0.4, 0.5) is 16.3 Å². The number of amides is 2. The fraction of sp³-hybridized carbons (Fsp3) is 0.647. The van der Waals surface area contributed by atoms with Crippen LogP contribution in [0.1, 0.15) is 12.5 Å². The van der Waals surface area contributed by atoms with Gasteiger partial charge in [-0.25, -0.2) is 9.78 Å². The van der Waals surface area contributed by atoms with Crippen LogP contribution in [-0.2, 0) is 16.0 Å². The van der Waals surface area contributed by atoms with Gasteiger partial charge in [0.15, 0.2) is 6.23 Å². The first-order chi connectivity index (χ1) is 12.9. The van der Waals surface area contributed by atoms with E-state index in [4.69, 9.17) is 9.47 Å². The van der Waals surface area contributed by atoms with E-state index in [9.17, 15) is 20.1 Å². The van der Waals surface area contributed by atoms with Crippen LogP contribution in [0.2, 0.25) is 0 Å². The number of ether oxygens (including phenoxy) is 2. The molecule has 0 aromatic carbocycles. The van der Waals surface area contributed by atoms with Crippen LogP contribution in [0, 0.1) is 0 Å². The highest BCUT2D eigenvalue weighted by Gasteiger charge is 2.56. The maximum absolute atomic E-state index is 12.6. The maximum Gasteiger partial charge on any atom is 0.325 e. The van der Waals surface area contributed by atoms with Crippen LogP contribution in [0.3, 0.4) is 0 Å². The number of morpholine rings is 1. The zero-order chi connectivity index (χ0) is 19.2. The van der Waals surface area contributed by atoms with Crippen molar-refractivity contribution >= 4 is 17.5 Å². The van der Waals surface area contributed by atoms with Crippen molar-refractivity contribution in [1.82, 2.24) is 9.88 Å². The predicted molar refractivity (Wildman–Crippen MR) is 94.2 cm³/mol. The van der Waals surface area contributed by atoms with E-state index < -0.39 is 36.7 Å². The Balaban J connectivity index is 1.65. The molecular formula is C17H24N4O6. The Labute approximate surface area is 156 Å². The average Bonchev–Trinajstić information content (AvgIpc) is 2.90. The number of nitrogens with zero attached hydrogens (tertiary/aromatic N) is 3. The van der Waals surface area contributed by atoms with E-state index in [0.717, 1.165) is 24.3 Å². The van der Waals surface area contributed by atoms with Crippen LogP contribution in [-0.4, -0.2) is 88.2 Å². The highest BCUT2D eigenvalue weighted by Crippen LogP contribution is 2.38. The van der Waals surface area contributed by atoms with Gasteiger partial charge in [-0.1, -0.05) is 0 Å². The molecule has 0 bridgehead atoms. The molecule has 4 N–H and O–H groups in total. The third kappa shape index (κ3) is 3.03. The zero-order valence-corrected chi connectivity index (χ0v) is 15.0. The molecule has 27 heavy (non-hydrogen) atoms. The minimum Gasteiger partial charge on any atom is -0.394 e. The number of fused-ring (bicyclic) bond motifs is 1. The molecule has 3 aliphatic rings. The predicted octanol–water partition coefficient (Wildman–Crippen LogP) is -0.905. The minimum absolute atomic E-state index is 0.160. The Hall–Kier alpha value is -1.98. The largest absolute Gasteiger partial charge is 0.394 e. The van der Waals surface area contributed by atoms with E-state index in [1.807, 2.05) is 6.07 Å². The standard InChI is InChI=1S/C17H24N4O6/c1-17(25)13(23)12(9-22)27-15(17)21-8-10-11(20-4-6-26-7-5-20)2-3-18-14(10)19-16(21)24/h2-3,12-13,15,22-23,25H,4-9H2,1H3,(H,18,19,24)/t12-,13-,15-,17-/m1/s1. The minimum atomic E-state index is -1.72. The summed E-state index contributed by atoms with van der Waals surface area (Å²) in [4.78, 5) is 20.4. The number of nitrogens with one attached hydrogen (secondary N) is 1. The molecule has 4 rings (SSSR count). The molecule has 10 nitrogen and oxygen atoms in total. The molecule has 2 fully saturated rings. The normalized spacial score (nSPS) is 33.8. The Bertz CT molecular complexity index is 723. The van der Waals surface area contributed by atoms with Crippen molar-refractivity contribution in [3.63, 3.8) is 0 Å². The smallest absolute Gasteiger partial charge is 0.325 e. The number of hydrogen-bond acceptors (Lipinski definition) is 8. The lowest BCUT2D eigenvalue weighted by Crippen LogP contribution is -2.56. The molecule has 1 aromatic heterocycles. The number of aliphatic hydroxyl groups excluding tert-OH is 2. The third-order valence-corrected chi connectivity index (χ3v) is 5.42. The third-order valence-electron chi connectivity index (χ3n) is 5.42.